The number of ether oxygens (including phenoxy) is 2. The average Bonchev–Trinajstić information content (AvgIpc) is 3.32. The van der Waals surface area contributed by atoms with Crippen molar-refractivity contribution in [3.05, 3.63) is 70.0 Å². The van der Waals surface area contributed by atoms with Gasteiger partial charge in [-0.15, -0.1) is 0 Å². The van der Waals surface area contributed by atoms with E-state index in [4.69, 9.17) is 9.47 Å². The highest BCUT2D eigenvalue weighted by Crippen LogP contribution is 2.24. The standard InChI is InChI=1S/C25H29N3O4/c1-3-17-10-11-21-18(13-17)14-19(24(29)26-21)15-28(16-20-7-6-12-32-20)25(30)27-22-8-4-5-9-23(22)31-2/h4-5,8-11,13-14,20H,3,6-7,12,15-16H2,1-2H3,(H,26,29)(H,27,30)/t20-/m1/s1. The molecule has 7 nitrogen and oxygen atoms in total. The Morgan fingerprint density at radius 3 is 2.84 bits per heavy atom. The lowest BCUT2D eigenvalue weighted by Gasteiger charge is -2.26. The summed E-state index contributed by atoms with van der Waals surface area (Å²) < 4.78 is 11.1. The third-order valence-corrected chi connectivity index (χ3v) is 5.84. The molecule has 4 rings (SSSR count). The normalized spacial score (nSPS) is 15.6. The fraction of sp³-hybridized carbons (Fsp3) is 0.360. The van der Waals surface area contributed by atoms with E-state index in [2.05, 4.69) is 23.3 Å². The van der Waals surface area contributed by atoms with Gasteiger partial charge in [0.1, 0.15) is 5.75 Å². The Bertz CT molecular complexity index is 1150. The number of fused-ring (bicyclic) bond motifs is 1. The second-order valence-corrected chi connectivity index (χ2v) is 8.04. The van der Waals surface area contributed by atoms with Crippen LogP contribution < -0.4 is 15.6 Å². The first kappa shape index (κ1) is 21.9. The van der Waals surface area contributed by atoms with Crippen LogP contribution >= 0.6 is 0 Å². The van der Waals surface area contributed by atoms with Gasteiger partial charge in [0, 0.05) is 24.2 Å². The summed E-state index contributed by atoms with van der Waals surface area (Å²) in [6, 6.07) is 14.9. The lowest BCUT2D eigenvalue weighted by molar-refractivity contribution is 0.0818. The Morgan fingerprint density at radius 2 is 2.09 bits per heavy atom. The molecule has 168 valence electrons. The Hall–Kier alpha value is -3.32. The molecule has 0 unspecified atom stereocenters. The predicted octanol–water partition coefficient (Wildman–Crippen LogP) is 4.31. The van der Waals surface area contributed by atoms with E-state index in [9.17, 15) is 9.59 Å². The number of aryl methyl sites for hydroxylation is 1. The quantitative estimate of drug-likeness (QED) is 0.579. The first-order valence-electron chi connectivity index (χ1n) is 11.0. The van der Waals surface area contributed by atoms with Gasteiger partial charge in [-0.1, -0.05) is 25.1 Å². The topological polar surface area (TPSA) is 83.7 Å². The lowest BCUT2D eigenvalue weighted by atomic mass is 10.1. The highest BCUT2D eigenvalue weighted by Gasteiger charge is 2.24. The number of nitrogens with zero attached hydrogens (tertiary/aromatic N) is 1. The van der Waals surface area contributed by atoms with E-state index in [1.165, 1.54) is 5.56 Å². The number of anilines is 1. The number of amides is 2. The molecule has 1 aliphatic heterocycles. The minimum atomic E-state index is -0.299. The fourth-order valence-electron chi connectivity index (χ4n) is 4.04. The number of aromatic amines is 1. The molecule has 2 heterocycles. The van der Waals surface area contributed by atoms with Crippen LogP contribution in [-0.2, 0) is 17.7 Å². The van der Waals surface area contributed by atoms with E-state index < -0.39 is 0 Å². The molecule has 2 amide bonds. The van der Waals surface area contributed by atoms with Gasteiger partial charge in [0.05, 0.1) is 25.4 Å². The van der Waals surface area contributed by atoms with E-state index in [1.807, 2.05) is 30.3 Å². The van der Waals surface area contributed by atoms with Crippen LogP contribution in [0.2, 0.25) is 0 Å². The third-order valence-electron chi connectivity index (χ3n) is 5.84. The number of hydrogen-bond acceptors (Lipinski definition) is 4. The molecule has 3 aromatic rings. The zero-order chi connectivity index (χ0) is 22.5. The van der Waals surface area contributed by atoms with Gasteiger partial charge < -0.3 is 24.7 Å². The second kappa shape index (κ2) is 9.87. The summed E-state index contributed by atoms with van der Waals surface area (Å²) in [5.74, 6) is 0.577. The van der Waals surface area contributed by atoms with Crippen molar-refractivity contribution in [2.75, 3.05) is 25.6 Å². The molecular weight excluding hydrogens is 406 g/mol. The van der Waals surface area contributed by atoms with Gasteiger partial charge >= 0.3 is 6.03 Å². The van der Waals surface area contributed by atoms with Crippen LogP contribution in [-0.4, -0.2) is 42.3 Å². The number of para-hydroxylation sites is 2. The maximum absolute atomic E-state index is 13.2. The maximum atomic E-state index is 13.2. The summed E-state index contributed by atoms with van der Waals surface area (Å²) in [5, 5.41) is 3.88. The largest absolute Gasteiger partial charge is 0.495 e. The minimum Gasteiger partial charge on any atom is -0.495 e. The Balaban J connectivity index is 1.62. The highest BCUT2D eigenvalue weighted by molar-refractivity contribution is 5.91. The van der Waals surface area contributed by atoms with Crippen LogP contribution in [0.3, 0.4) is 0 Å². The molecule has 0 bridgehead atoms. The van der Waals surface area contributed by atoms with Crippen molar-refractivity contribution in [3.8, 4) is 5.75 Å². The number of nitrogens with one attached hydrogen (secondary N) is 2. The molecule has 1 fully saturated rings. The Kier molecular flexibility index (Phi) is 6.75. The number of H-pyrrole nitrogens is 1. The zero-order valence-corrected chi connectivity index (χ0v) is 18.5. The summed E-state index contributed by atoms with van der Waals surface area (Å²) in [7, 11) is 1.56. The van der Waals surface area contributed by atoms with Crippen molar-refractivity contribution in [2.45, 2.75) is 38.8 Å². The number of methoxy groups -OCH3 is 1. The predicted molar refractivity (Wildman–Crippen MR) is 125 cm³/mol. The van der Waals surface area contributed by atoms with E-state index in [0.717, 1.165) is 30.2 Å². The summed E-state index contributed by atoms with van der Waals surface area (Å²) in [5.41, 5.74) is 2.92. The molecule has 0 radical (unpaired) electrons. The molecule has 32 heavy (non-hydrogen) atoms. The summed E-state index contributed by atoms with van der Waals surface area (Å²) in [6.07, 6.45) is 2.75. The third kappa shape index (κ3) is 4.94. The second-order valence-electron chi connectivity index (χ2n) is 8.04. The molecule has 0 aliphatic carbocycles. The van der Waals surface area contributed by atoms with Gasteiger partial charge in [0.2, 0.25) is 0 Å². The van der Waals surface area contributed by atoms with Crippen molar-refractivity contribution in [1.29, 1.82) is 0 Å². The number of aromatic nitrogens is 1. The molecule has 0 saturated carbocycles. The minimum absolute atomic E-state index is 0.0374. The maximum Gasteiger partial charge on any atom is 0.322 e. The van der Waals surface area contributed by atoms with E-state index in [0.29, 0.717) is 30.2 Å². The zero-order valence-electron chi connectivity index (χ0n) is 18.5. The van der Waals surface area contributed by atoms with Gasteiger partial charge in [-0.3, -0.25) is 4.79 Å². The van der Waals surface area contributed by atoms with Crippen molar-refractivity contribution in [1.82, 2.24) is 9.88 Å². The summed E-state index contributed by atoms with van der Waals surface area (Å²) in [4.78, 5) is 30.6. The van der Waals surface area contributed by atoms with Crippen LogP contribution in [0.15, 0.2) is 53.3 Å². The number of urea groups is 1. The summed E-state index contributed by atoms with van der Waals surface area (Å²) in [6.45, 7) is 3.39. The smallest absolute Gasteiger partial charge is 0.322 e. The molecule has 2 N–H and O–H groups in total. The van der Waals surface area contributed by atoms with Crippen molar-refractivity contribution < 1.29 is 14.3 Å². The van der Waals surface area contributed by atoms with Crippen LogP contribution in [0.5, 0.6) is 5.75 Å². The van der Waals surface area contributed by atoms with Gasteiger partial charge in [-0.05, 0) is 60.5 Å². The number of hydrogen-bond donors (Lipinski definition) is 2. The Morgan fingerprint density at radius 1 is 1.25 bits per heavy atom. The fourth-order valence-corrected chi connectivity index (χ4v) is 4.04. The monoisotopic (exact) mass is 435 g/mol. The van der Waals surface area contributed by atoms with E-state index >= 15 is 0 Å². The van der Waals surface area contributed by atoms with Gasteiger partial charge in [0.25, 0.3) is 5.56 Å². The molecule has 1 aromatic heterocycles. The van der Waals surface area contributed by atoms with Crippen LogP contribution in [0.4, 0.5) is 10.5 Å². The first-order chi connectivity index (χ1) is 15.6. The molecule has 0 spiro atoms. The van der Waals surface area contributed by atoms with Crippen LogP contribution in [0, 0.1) is 0 Å². The van der Waals surface area contributed by atoms with Crippen molar-refractivity contribution in [2.24, 2.45) is 0 Å². The summed E-state index contributed by atoms with van der Waals surface area (Å²) >= 11 is 0. The van der Waals surface area contributed by atoms with E-state index in [1.54, 1.807) is 24.1 Å². The number of rotatable bonds is 7. The average molecular weight is 436 g/mol. The molecule has 1 aliphatic rings. The van der Waals surface area contributed by atoms with Gasteiger partial charge in [-0.2, -0.15) is 0 Å². The Labute approximate surface area is 187 Å². The highest BCUT2D eigenvalue weighted by atomic mass is 16.5. The van der Waals surface area contributed by atoms with Crippen molar-refractivity contribution >= 4 is 22.6 Å². The molecule has 2 aromatic carbocycles. The number of pyridine rings is 1. The van der Waals surface area contributed by atoms with Gasteiger partial charge in [0.15, 0.2) is 0 Å². The van der Waals surface area contributed by atoms with Crippen molar-refractivity contribution in [3.63, 3.8) is 0 Å². The molecule has 7 heteroatoms. The molecular formula is C25H29N3O4. The lowest BCUT2D eigenvalue weighted by Crippen LogP contribution is -2.40. The first-order valence-corrected chi connectivity index (χ1v) is 11.0. The number of carbonyl (C=O) groups is 1. The van der Waals surface area contributed by atoms with Gasteiger partial charge in [-0.25, -0.2) is 4.79 Å². The molecule has 1 atom stereocenters. The van der Waals surface area contributed by atoms with Crippen LogP contribution in [0.1, 0.15) is 30.9 Å². The number of benzene rings is 2. The molecule has 1 saturated heterocycles. The van der Waals surface area contributed by atoms with Crippen LogP contribution in [0.25, 0.3) is 10.9 Å². The SMILES string of the molecule is CCc1ccc2[nH]c(=O)c(CN(C[C@H]3CCCO3)C(=O)Nc3ccccc3OC)cc2c1. The number of carbonyl (C=O) groups excluding carboxylic acids is 1. The van der Waals surface area contributed by atoms with E-state index in [-0.39, 0.29) is 24.2 Å².